The van der Waals surface area contributed by atoms with Crippen molar-refractivity contribution < 1.29 is 151 Å². The average Bonchev–Trinajstić information content (AvgIpc) is 1.62. The van der Waals surface area contributed by atoms with E-state index in [0.29, 0.717) is 351 Å². The number of carbonyl (C=O) groups is 7. The van der Waals surface area contributed by atoms with Crippen molar-refractivity contribution >= 4 is 109 Å². The van der Waals surface area contributed by atoms with Gasteiger partial charge in [-0.15, -0.1) is 12.8 Å². The molecule has 0 amide bonds. The number of alkyl halides is 3. The topological polar surface area (TPSA) is 595 Å². The highest BCUT2D eigenvalue weighted by molar-refractivity contribution is 6.01. The van der Waals surface area contributed by atoms with Gasteiger partial charge in [-0.3, -0.25) is 28.8 Å². The molecule has 0 saturated carbocycles. The van der Waals surface area contributed by atoms with Gasteiger partial charge in [0.1, 0.15) is 64.1 Å². The zero-order valence-electron chi connectivity index (χ0n) is 78.1. The number of ether oxygens (including phenoxy) is 18. The number of hydrogen-bond donors (Lipinski definition) is 7. The Morgan fingerprint density at radius 1 is 0.370 bits per heavy atom. The fourth-order valence-corrected chi connectivity index (χ4v) is 12.0. The summed E-state index contributed by atoms with van der Waals surface area (Å²) in [5, 5.41) is 26.5. The third-order valence-corrected chi connectivity index (χ3v) is 18.8. The molecule has 0 bridgehead atoms. The van der Waals surface area contributed by atoms with Gasteiger partial charge >= 0.3 is 30.1 Å². The highest BCUT2D eigenvalue weighted by atomic mass is 19.4. The Balaban J connectivity index is 0.000000388. The molecule has 0 radical (unpaired) electrons. The lowest BCUT2D eigenvalue weighted by atomic mass is 10.1. The number of Topliss-reactive ketones (excluding diaryl/α,β-unsaturated/α-hetero) is 3. The van der Waals surface area contributed by atoms with Gasteiger partial charge in [0.05, 0.1) is 202 Å². The number of halogens is 3. The first-order chi connectivity index (χ1) is 67.0. The van der Waals surface area contributed by atoms with E-state index < -0.39 is 18.1 Å². The van der Waals surface area contributed by atoms with E-state index in [9.17, 15) is 41.9 Å². The molecule has 8 aromatic rings. The quantitative estimate of drug-likeness (QED) is 0.0109. The van der Waals surface area contributed by atoms with Crippen LogP contribution in [0.5, 0.6) is 0 Å². The lowest BCUT2D eigenvalue weighted by molar-refractivity contribution is -0.192. The van der Waals surface area contributed by atoms with Crippen LogP contribution in [0.25, 0.3) is 66.8 Å². The predicted octanol–water partition coefficient (Wildman–Crippen LogP) is 7.61. The number of aliphatic carboxylic acids is 2. The van der Waals surface area contributed by atoms with Crippen molar-refractivity contribution in [2.24, 2.45) is 5.73 Å². The van der Waals surface area contributed by atoms with Gasteiger partial charge in [-0.1, -0.05) is 18.3 Å². The van der Waals surface area contributed by atoms with Crippen LogP contribution in [0.1, 0.15) is 116 Å². The number of rotatable bonds is 78. The number of hydrogen-bond acceptors (Lipinski definition) is 40. The monoisotopic (exact) mass is 1960 g/mol. The first-order valence-corrected chi connectivity index (χ1v) is 45.5. The molecule has 138 heavy (non-hydrogen) atoms. The summed E-state index contributed by atoms with van der Waals surface area (Å²) in [5.74, 6) is 1.36. The molecule has 44 nitrogen and oxygen atoms in total. The lowest BCUT2D eigenvalue weighted by Crippen LogP contribution is -2.21. The van der Waals surface area contributed by atoms with Crippen molar-refractivity contribution in [2.75, 3.05) is 254 Å². The number of nitrogen functional groups attached to an aromatic ring is 4. The smallest absolute Gasteiger partial charge is 0.481 e. The summed E-state index contributed by atoms with van der Waals surface area (Å²) in [6, 6.07) is 11.3. The minimum Gasteiger partial charge on any atom is -0.481 e. The Labute approximate surface area is 797 Å². The molecule has 0 spiro atoms. The number of esters is 2. The van der Waals surface area contributed by atoms with Crippen molar-refractivity contribution in [1.29, 1.82) is 0 Å². The average molecular weight is 1960 g/mol. The molecule has 766 valence electrons. The van der Waals surface area contributed by atoms with Crippen LogP contribution in [-0.2, 0) is 132 Å². The third-order valence-electron chi connectivity index (χ3n) is 18.8. The molecule has 0 aliphatic carbocycles. The second-order valence-electron chi connectivity index (χ2n) is 29.6. The zero-order valence-corrected chi connectivity index (χ0v) is 78.1. The summed E-state index contributed by atoms with van der Waals surface area (Å²) in [5.41, 5.74) is 36.1. The number of terminal acetylenes is 2. The molecule has 12 N–H and O–H groups in total. The number of unbranched alkanes of at least 4 members (excludes halogenated alkanes) is 3. The minimum atomic E-state index is -5.08. The Bertz CT molecular complexity index is 4840. The predicted molar refractivity (Wildman–Crippen MR) is 495 cm³/mol. The first kappa shape index (κ1) is 117. The van der Waals surface area contributed by atoms with E-state index in [1.54, 1.807) is 6.07 Å². The molecule has 0 fully saturated rings. The van der Waals surface area contributed by atoms with Crippen molar-refractivity contribution in [3.8, 4) is 47.2 Å². The SMILES string of the molecule is C#CCOC(=O)CCCOCCOCCOCCOCCC(=O)CCCOCCOCCOCCOCCC(=O)CCCCCn1nc(-c2ccc3oc(N)nc3c2)c2c(N)ncnc21.C#CCOC(=O)CCCOCCOCCOCCOCCC(=O)CCCOCCOCCOCCOCCC(=O)O.NCCCCn1nc(-c2ccc3oc(N)nc3c2)c2c(N)ncnc21.O=C(O)C(F)(F)F. The van der Waals surface area contributed by atoms with Gasteiger partial charge in [-0.2, -0.15) is 33.3 Å². The number of fused-ring (bicyclic) bond motifs is 4. The van der Waals surface area contributed by atoms with Gasteiger partial charge < -0.3 is 133 Å². The van der Waals surface area contributed by atoms with Crippen LogP contribution >= 0.6 is 0 Å². The van der Waals surface area contributed by atoms with Gasteiger partial charge in [0.25, 0.3) is 12.0 Å². The first-order valence-electron chi connectivity index (χ1n) is 45.5. The van der Waals surface area contributed by atoms with Crippen molar-refractivity contribution in [2.45, 2.75) is 135 Å². The second kappa shape index (κ2) is 73.9. The molecule has 2 aromatic carbocycles. The molecular weight excluding hydrogens is 1820 g/mol. The fourth-order valence-electron chi connectivity index (χ4n) is 12.0. The molecule has 6 heterocycles. The number of carboxylic acid groups (broad SMARTS) is 2. The maximum Gasteiger partial charge on any atom is 0.490 e. The van der Waals surface area contributed by atoms with Crippen LogP contribution in [0, 0.1) is 24.7 Å². The summed E-state index contributed by atoms with van der Waals surface area (Å²) in [7, 11) is 0. The molecule has 0 aliphatic heterocycles. The van der Waals surface area contributed by atoms with Crippen molar-refractivity contribution in [3.05, 3.63) is 49.1 Å². The normalized spacial score (nSPS) is 11.3. The Hall–Kier alpha value is -11.2. The summed E-state index contributed by atoms with van der Waals surface area (Å²) in [6.45, 7) is 15.3. The number of benzene rings is 2. The maximum absolute atomic E-state index is 12.4. The molecule has 6 aromatic heterocycles. The summed E-state index contributed by atoms with van der Waals surface area (Å²) >= 11 is 0. The van der Waals surface area contributed by atoms with E-state index in [1.165, 1.54) is 12.7 Å². The van der Waals surface area contributed by atoms with Crippen LogP contribution in [0.3, 0.4) is 0 Å². The molecular formula is C91H132F3N15O29. The second-order valence-corrected chi connectivity index (χ2v) is 29.6. The van der Waals surface area contributed by atoms with Gasteiger partial charge in [0, 0.05) is 102 Å². The largest absolute Gasteiger partial charge is 0.490 e. The van der Waals surface area contributed by atoms with E-state index in [4.69, 9.17) is 161 Å². The highest BCUT2D eigenvalue weighted by Crippen LogP contribution is 2.35. The molecule has 47 heteroatoms. The highest BCUT2D eigenvalue weighted by Gasteiger charge is 2.38. The Kier molecular flexibility index (Phi) is 62.8. The van der Waals surface area contributed by atoms with Crippen LogP contribution in [-0.4, -0.2) is 338 Å². The lowest BCUT2D eigenvalue weighted by Gasteiger charge is -2.08. The van der Waals surface area contributed by atoms with Gasteiger partial charge in [0.2, 0.25) is 0 Å². The standard InChI is InChI=1S/C45H65N7O13.C28H48O13.C16H18N8O.C2HF3O2/c1-2-16-64-40(55)10-7-18-57-22-26-61-30-32-63-28-24-59-20-14-37(54)9-6-17-56-21-25-60-29-31-62-27-23-58-19-13-36(53)8-4-3-5-15-52-44-41(43(46)48-34-49-44)42(51-52)35-11-12-39-38(33-35)50-45(47)65-39;1-2-9-41-28(32)6-4-11-34-15-19-38-22-24-39-20-16-35-12-7-26(29)5-3-10-33-14-18-37-23-25-40-21-17-36-13-8-27(30)31;17-5-1-2-6-24-15-12(14(18)20-8-21-15)13(23-24)9-3-4-11-10(7-9)22-16(19)25-11;3-2(4,5)1(6)7/h1,11-12,33-34H,3-10,13-32H2,(H2,47,50)(H2,46,48,49);1H,3-25H2,(H,30,31);3-4,7-8H,1-2,5-6,17H2,(H2,19,22)(H2,18,20,21);(H,6,7). The van der Waals surface area contributed by atoms with E-state index in [2.05, 4.69) is 41.7 Å². The van der Waals surface area contributed by atoms with Crippen LogP contribution in [0.4, 0.5) is 36.8 Å². The third kappa shape index (κ3) is 53.1. The van der Waals surface area contributed by atoms with E-state index in [-0.39, 0.29) is 80.4 Å². The van der Waals surface area contributed by atoms with Gasteiger partial charge in [-0.25, -0.2) is 34.1 Å². The van der Waals surface area contributed by atoms with Crippen LogP contribution in [0.2, 0.25) is 0 Å². The molecule has 0 aliphatic rings. The van der Waals surface area contributed by atoms with Crippen molar-refractivity contribution in [1.82, 2.24) is 49.5 Å². The number of carbonyl (C=O) groups excluding carboxylic acids is 5. The van der Waals surface area contributed by atoms with Crippen molar-refractivity contribution in [3.63, 3.8) is 0 Å². The van der Waals surface area contributed by atoms with Gasteiger partial charge in [-0.05, 0) is 94.3 Å². The number of anilines is 4. The number of carboxylic acids is 2. The van der Waals surface area contributed by atoms with E-state index in [0.717, 1.165) is 48.6 Å². The van der Waals surface area contributed by atoms with E-state index >= 15 is 0 Å². The zero-order chi connectivity index (χ0) is 99.7. The Morgan fingerprint density at radius 2 is 0.659 bits per heavy atom. The maximum atomic E-state index is 12.4. The number of ketones is 3. The van der Waals surface area contributed by atoms with Gasteiger partial charge in [0.15, 0.2) is 35.7 Å². The number of aromatic nitrogens is 10. The minimum absolute atomic E-state index is 0.00364. The van der Waals surface area contributed by atoms with E-state index in [1.807, 2.05) is 39.7 Å². The Morgan fingerprint density at radius 3 is 0.964 bits per heavy atom. The number of oxazole rings is 2. The summed E-state index contributed by atoms with van der Waals surface area (Å²) in [6.07, 6.45) is 17.5. The van der Waals surface area contributed by atoms with Crippen LogP contribution in [0.15, 0.2) is 57.9 Å². The number of aryl methyl sites for hydroxylation is 2. The van der Waals surface area contributed by atoms with Crippen LogP contribution < -0.4 is 28.7 Å². The molecule has 0 saturated heterocycles. The molecule has 0 atom stereocenters. The summed E-state index contributed by atoms with van der Waals surface area (Å²) < 4.78 is 142. The number of nitrogens with two attached hydrogens (primary N) is 5. The fraction of sp³-hybridized carbons (Fsp3) is 0.615. The summed E-state index contributed by atoms with van der Waals surface area (Å²) in [4.78, 5) is 104. The molecule has 0 unspecified atom stereocenters. The molecule has 8 rings (SSSR count). The number of nitrogens with zero attached hydrogens (tertiary/aromatic N) is 10.